The van der Waals surface area contributed by atoms with Crippen molar-refractivity contribution in [1.29, 1.82) is 0 Å². The van der Waals surface area contributed by atoms with E-state index >= 15 is 0 Å². The summed E-state index contributed by atoms with van der Waals surface area (Å²) in [6, 6.07) is 10.2. The van der Waals surface area contributed by atoms with Crippen LogP contribution < -0.4 is 10.6 Å². The van der Waals surface area contributed by atoms with Crippen LogP contribution in [0.4, 0.5) is 11.4 Å². The van der Waals surface area contributed by atoms with Crippen LogP contribution in [0.2, 0.25) is 5.02 Å². The molecule has 0 radical (unpaired) electrons. The molecule has 0 aliphatic heterocycles. The zero-order chi connectivity index (χ0) is 20.1. The molecule has 1 atom stereocenters. The molecule has 0 saturated heterocycles. The quantitative estimate of drug-likeness (QED) is 0.576. The highest BCUT2D eigenvalue weighted by Gasteiger charge is 2.26. The van der Waals surface area contributed by atoms with E-state index in [1.54, 1.807) is 19.9 Å². The molecule has 0 heterocycles. The Morgan fingerprint density at radius 3 is 2.44 bits per heavy atom. The molecule has 2 amide bonds. The third-order valence-corrected chi connectivity index (χ3v) is 4.25. The van der Waals surface area contributed by atoms with E-state index in [0.717, 1.165) is 11.6 Å². The van der Waals surface area contributed by atoms with Crippen molar-refractivity contribution in [1.82, 2.24) is 5.32 Å². The molecule has 2 rings (SSSR count). The van der Waals surface area contributed by atoms with Crippen LogP contribution in [0.15, 0.2) is 42.5 Å². The third-order valence-electron chi connectivity index (χ3n) is 3.93. The maximum absolute atomic E-state index is 12.6. The Bertz CT molecular complexity index is 883. The van der Waals surface area contributed by atoms with Crippen molar-refractivity contribution >= 4 is 34.8 Å². The predicted octanol–water partition coefficient (Wildman–Crippen LogP) is 3.95. The van der Waals surface area contributed by atoms with E-state index < -0.39 is 16.9 Å². The van der Waals surface area contributed by atoms with Gasteiger partial charge in [0.2, 0.25) is 5.91 Å². The Kier molecular flexibility index (Phi) is 6.52. The van der Waals surface area contributed by atoms with Crippen LogP contribution in [-0.2, 0) is 4.79 Å². The van der Waals surface area contributed by atoms with Gasteiger partial charge in [-0.05, 0) is 42.7 Å². The molecule has 0 aliphatic rings. The lowest BCUT2D eigenvalue weighted by Gasteiger charge is -2.22. The smallest absolute Gasteiger partial charge is 0.288 e. The molecule has 0 unspecified atom stereocenters. The number of nitro benzene ring substituents is 1. The van der Waals surface area contributed by atoms with Crippen LogP contribution in [0.5, 0.6) is 0 Å². The van der Waals surface area contributed by atoms with Crippen molar-refractivity contribution in [2.24, 2.45) is 5.92 Å². The van der Waals surface area contributed by atoms with Crippen LogP contribution in [-0.4, -0.2) is 22.8 Å². The summed E-state index contributed by atoms with van der Waals surface area (Å²) in [6.45, 7) is 5.50. The molecule has 7 nitrogen and oxygen atoms in total. The van der Waals surface area contributed by atoms with Crippen molar-refractivity contribution in [2.45, 2.75) is 26.8 Å². The average molecular weight is 390 g/mol. The van der Waals surface area contributed by atoms with Gasteiger partial charge in [-0.2, -0.15) is 0 Å². The van der Waals surface area contributed by atoms with E-state index in [9.17, 15) is 19.7 Å². The van der Waals surface area contributed by atoms with Gasteiger partial charge in [0.15, 0.2) is 0 Å². The minimum atomic E-state index is -0.812. The fraction of sp³-hybridized carbons (Fsp3) is 0.263. The maximum atomic E-state index is 12.6. The normalized spacial score (nSPS) is 11.7. The number of rotatable bonds is 6. The Hall–Kier alpha value is -2.93. The standard InChI is InChI=1S/C19H20ClN3O4/c1-11(2)17(19(25)21-14-6-4-5-12(3)9-14)22-18(24)13-7-8-15(20)16(10-13)23(26)27/h4-11,17H,1-3H3,(H,21,25)(H,22,24)/t17-/m0/s1. The molecule has 2 N–H and O–H groups in total. The van der Waals surface area contributed by atoms with Gasteiger partial charge in [0.25, 0.3) is 11.6 Å². The molecule has 0 aliphatic carbocycles. The van der Waals surface area contributed by atoms with E-state index in [1.807, 2.05) is 25.1 Å². The largest absolute Gasteiger partial charge is 0.340 e. The number of aryl methyl sites for hydroxylation is 1. The van der Waals surface area contributed by atoms with Crippen molar-refractivity contribution in [3.05, 3.63) is 68.7 Å². The zero-order valence-electron chi connectivity index (χ0n) is 15.2. The fourth-order valence-electron chi connectivity index (χ4n) is 2.50. The summed E-state index contributed by atoms with van der Waals surface area (Å²) in [5, 5.41) is 16.3. The lowest BCUT2D eigenvalue weighted by Crippen LogP contribution is -2.47. The van der Waals surface area contributed by atoms with Gasteiger partial charge in [0, 0.05) is 17.3 Å². The molecule has 142 valence electrons. The molecule has 27 heavy (non-hydrogen) atoms. The van der Waals surface area contributed by atoms with Crippen LogP contribution in [0, 0.1) is 23.0 Å². The highest BCUT2D eigenvalue weighted by Crippen LogP contribution is 2.25. The van der Waals surface area contributed by atoms with E-state index in [2.05, 4.69) is 10.6 Å². The van der Waals surface area contributed by atoms with Gasteiger partial charge in [-0.3, -0.25) is 19.7 Å². The molecule has 0 saturated carbocycles. The number of halogens is 1. The molecular formula is C19H20ClN3O4. The summed E-state index contributed by atoms with van der Waals surface area (Å²) in [5.74, 6) is -1.15. The number of benzene rings is 2. The Morgan fingerprint density at radius 1 is 1.15 bits per heavy atom. The number of anilines is 1. The van der Waals surface area contributed by atoms with Gasteiger partial charge in [-0.15, -0.1) is 0 Å². The van der Waals surface area contributed by atoms with Gasteiger partial charge in [-0.25, -0.2) is 0 Å². The molecule has 0 bridgehead atoms. The van der Waals surface area contributed by atoms with E-state index in [0.29, 0.717) is 5.69 Å². The minimum absolute atomic E-state index is 0.0557. The van der Waals surface area contributed by atoms with Gasteiger partial charge < -0.3 is 10.6 Å². The number of nitro groups is 1. The van der Waals surface area contributed by atoms with Gasteiger partial charge >= 0.3 is 0 Å². The first-order chi connectivity index (χ1) is 12.7. The second-order valence-electron chi connectivity index (χ2n) is 6.48. The van der Waals surface area contributed by atoms with Crippen LogP contribution in [0.25, 0.3) is 0 Å². The number of nitrogens with one attached hydrogen (secondary N) is 2. The summed E-state index contributed by atoms with van der Waals surface area (Å²) < 4.78 is 0. The van der Waals surface area contributed by atoms with Crippen molar-refractivity contribution in [3.63, 3.8) is 0 Å². The number of hydrogen-bond acceptors (Lipinski definition) is 4. The minimum Gasteiger partial charge on any atom is -0.340 e. The SMILES string of the molecule is Cc1cccc(NC(=O)[C@@H](NC(=O)c2ccc(Cl)c([N+](=O)[O-])c2)C(C)C)c1. The lowest BCUT2D eigenvalue weighted by atomic mass is 10.0. The molecule has 0 aromatic heterocycles. The first-order valence-corrected chi connectivity index (χ1v) is 8.69. The van der Waals surface area contributed by atoms with Crippen LogP contribution in [0.3, 0.4) is 0 Å². The Labute approximate surface area is 161 Å². The molecule has 0 fully saturated rings. The predicted molar refractivity (Wildman–Crippen MR) is 104 cm³/mol. The van der Waals surface area contributed by atoms with Gasteiger partial charge in [0.1, 0.15) is 11.1 Å². The number of carbonyl (C=O) groups is 2. The third kappa shape index (κ3) is 5.27. The summed E-state index contributed by atoms with van der Waals surface area (Å²) >= 11 is 5.77. The topological polar surface area (TPSA) is 101 Å². The fourth-order valence-corrected chi connectivity index (χ4v) is 2.68. The summed E-state index contributed by atoms with van der Waals surface area (Å²) in [7, 11) is 0. The first-order valence-electron chi connectivity index (χ1n) is 8.31. The molecule has 8 heteroatoms. The molecule has 0 spiro atoms. The highest BCUT2D eigenvalue weighted by molar-refractivity contribution is 6.32. The van der Waals surface area contributed by atoms with Gasteiger partial charge in [-0.1, -0.05) is 37.6 Å². The number of nitrogens with zero attached hydrogens (tertiary/aromatic N) is 1. The average Bonchev–Trinajstić information content (AvgIpc) is 2.59. The summed E-state index contributed by atoms with van der Waals surface area (Å²) in [5.41, 5.74) is 1.31. The number of hydrogen-bond donors (Lipinski definition) is 2. The van der Waals surface area contributed by atoms with Gasteiger partial charge in [0.05, 0.1) is 4.92 Å². The second-order valence-corrected chi connectivity index (χ2v) is 6.88. The van der Waals surface area contributed by atoms with Crippen molar-refractivity contribution in [3.8, 4) is 0 Å². The Morgan fingerprint density at radius 2 is 1.85 bits per heavy atom. The highest BCUT2D eigenvalue weighted by atomic mass is 35.5. The number of carbonyl (C=O) groups excluding carboxylic acids is 2. The second kappa shape index (κ2) is 8.64. The van der Waals surface area contributed by atoms with E-state index in [1.165, 1.54) is 12.1 Å². The summed E-state index contributed by atoms with van der Waals surface area (Å²) in [6.07, 6.45) is 0. The summed E-state index contributed by atoms with van der Waals surface area (Å²) in [4.78, 5) is 35.4. The molecular weight excluding hydrogens is 370 g/mol. The van der Waals surface area contributed by atoms with Crippen molar-refractivity contribution in [2.75, 3.05) is 5.32 Å². The zero-order valence-corrected chi connectivity index (χ0v) is 15.9. The lowest BCUT2D eigenvalue weighted by molar-refractivity contribution is -0.384. The Balaban J connectivity index is 2.18. The monoisotopic (exact) mass is 389 g/mol. The van der Waals surface area contributed by atoms with Crippen LogP contribution >= 0.6 is 11.6 Å². The van der Waals surface area contributed by atoms with Crippen molar-refractivity contribution < 1.29 is 14.5 Å². The molecule has 2 aromatic rings. The number of amides is 2. The van der Waals surface area contributed by atoms with E-state index in [4.69, 9.17) is 11.6 Å². The maximum Gasteiger partial charge on any atom is 0.288 e. The van der Waals surface area contributed by atoms with E-state index in [-0.39, 0.29) is 28.1 Å². The first kappa shape index (κ1) is 20.4. The molecule has 2 aromatic carbocycles. The van der Waals surface area contributed by atoms with Crippen LogP contribution in [0.1, 0.15) is 29.8 Å².